The summed E-state index contributed by atoms with van der Waals surface area (Å²) in [5, 5.41) is 2.99. The summed E-state index contributed by atoms with van der Waals surface area (Å²) in [4.78, 5) is 13.9. The van der Waals surface area contributed by atoms with Crippen LogP contribution in [-0.2, 0) is 11.2 Å². The van der Waals surface area contributed by atoms with Crippen LogP contribution in [0.4, 0.5) is 5.69 Å². The Hall–Kier alpha value is -2.23. The van der Waals surface area contributed by atoms with E-state index in [0.717, 1.165) is 18.7 Å². The first-order valence-corrected chi connectivity index (χ1v) is 7.44. The van der Waals surface area contributed by atoms with Crippen LogP contribution in [0.15, 0.2) is 47.1 Å². The zero-order valence-electron chi connectivity index (χ0n) is 12.2. The van der Waals surface area contributed by atoms with Gasteiger partial charge in [-0.25, -0.2) is 0 Å². The average Bonchev–Trinajstić information content (AvgIpc) is 3.17. The number of amides is 1. The molecule has 1 aliphatic heterocycles. The summed E-state index contributed by atoms with van der Waals surface area (Å²) < 4.78 is 5.60. The van der Waals surface area contributed by atoms with Gasteiger partial charge in [-0.1, -0.05) is 25.1 Å². The summed E-state index contributed by atoms with van der Waals surface area (Å²) in [6.07, 6.45) is 3.22. The Morgan fingerprint density at radius 2 is 2.19 bits per heavy atom. The van der Waals surface area contributed by atoms with Gasteiger partial charge in [-0.05, 0) is 30.2 Å². The molecule has 0 saturated carbocycles. The highest BCUT2D eigenvalue weighted by Gasteiger charge is 2.28. The molecule has 110 valence electrons. The number of rotatable bonds is 5. The number of nitrogens with one attached hydrogen (secondary N) is 1. The first-order chi connectivity index (χ1) is 10.3. The molecule has 0 spiro atoms. The van der Waals surface area contributed by atoms with Crippen LogP contribution in [0, 0.1) is 0 Å². The van der Waals surface area contributed by atoms with Crippen LogP contribution >= 0.6 is 0 Å². The molecular weight excluding hydrogens is 264 g/mol. The highest BCUT2D eigenvalue weighted by molar-refractivity contribution is 5.75. The first kappa shape index (κ1) is 13.7. The van der Waals surface area contributed by atoms with Crippen LogP contribution in [0.3, 0.4) is 0 Å². The van der Waals surface area contributed by atoms with Crippen molar-refractivity contribution in [3.63, 3.8) is 0 Å². The van der Waals surface area contributed by atoms with Gasteiger partial charge in [0, 0.05) is 25.2 Å². The predicted molar refractivity (Wildman–Crippen MR) is 82.2 cm³/mol. The van der Waals surface area contributed by atoms with E-state index in [-0.39, 0.29) is 11.9 Å². The van der Waals surface area contributed by atoms with Gasteiger partial charge in [0.1, 0.15) is 11.8 Å². The van der Waals surface area contributed by atoms with Crippen LogP contribution in [-0.4, -0.2) is 19.0 Å². The average molecular weight is 284 g/mol. The van der Waals surface area contributed by atoms with Gasteiger partial charge in [-0.2, -0.15) is 0 Å². The first-order valence-electron chi connectivity index (χ1n) is 7.44. The lowest BCUT2D eigenvalue weighted by Crippen LogP contribution is -2.37. The number of carbonyl (C=O) groups excluding carboxylic acids is 1. The number of hydrogen-bond acceptors (Lipinski definition) is 3. The number of anilines is 1. The summed E-state index contributed by atoms with van der Waals surface area (Å²) in [6, 6.07) is 12.3. The largest absolute Gasteiger partial charge is 0.467 e. The van der Waals surface area contributed by atoms with E-state index in [1.54, 1.807) is 6.26 Å². The zero-order valence-corrected chi connectivity index (χ0v) is 12.2. The standard InChI is InChI=1S/C17H20N2O2/c1-2-17(20)18-12-15(16-8-5-11-21-16)19-10-9-13-6-3-4-7-14(13)19/h3-8,11,15H,2,9-10,12H2,1H3,(H,18,20)/t15-/m0/s1. The van der Waals surface area contributed by atoms with E-state index in [1.807, 2.05) is 19.1 Å². The molecular formula is C17H20N2O2. The van der Waals surface area contributed by atoms with Gasteiger partial charge in [0.15, 0.2) is 0 Å². The van der Waals surface area contributed by atoms with Gasteiger partial charge in [-0.15, -0.1) is 0 Å². The Bertz CT molecular complexity index is 607. The Morgan fingerprint density at radius 3 is 2.95 bits per heavy atom. The fourth-order valence-electron chi connectivity index (χ4n) is 2.87. The maximum atomic E-state index is 11.6. The van der Waals surface area contributed by atoms with E-state index in [4.69, 9.17) is 4.42 Å². The molecule has 1 atom stereocenters. The number of nitrogens with zero attached hydrogens (tertiary/aromatic N) is 1. The van der Waals surface area contributed by atoms with E-state index in [2.05, 4.69) is 34.5 Å². The molecule has 3 rings (SSSR count). The van der Waals surface area contributed by atoms with Crippen molar-refractivity contribution >= 4 is 11.6 Å². The van der Waals surface area contributed by atoms with Crippen LogP contribution in [0.2, 0.25) is 0 Å². The Morgan fingerprint density at radius 1 is 1.33 bits per heavy atom. The minimum Gasteiger partial charge on any atom is -0.467 e. The topological polar surface area (TPSA) is 45.5 Å². The molecule has 1 amide bonds. The Kier molecular flexibility index (Phi) is 3.95. The molecule has 0 fully saturated rings. The van der Waals surface area contributed by atoms with E-state index in [0.29, 0.717) is 13.0 Å². The molecule has 2 heterocycles. The molecule has 0 saturated heterocycles. The van der Waals surface area contributed by atoms with E-state index < -0.39 is 0 Å². The number of benzene rings is 1. The van der Waals surface area contributed by atoms with Gasteiger partial charge in [0.05, 0.1) is 6.26 Å². The highest BCUT2D eigenvalue weighted by Crippen LogP contribution is 2.34. The molecule has 0 bridgehead atoms. The van der Waals surface area contributed by atoms with Gasteiger partial charge < -0.3 is 14.6 Å². The van der Waals surface area contributed by atoms with Crippen LogP contribution < -0.4 is 10.2 Å². The molecule has 4 nitrogen and oxygen atoms in total. The van der Waals surface area contributed by atoms with E-state index >= 15 is 0 Å². The second kappa shape index (κ2) is 6.04. The molecule has 1 aromatic carbocycles. The number of fused-ring (bicyclic) bond motifs is 1. The molecule has 0 radical (unpaired) electrons. The van der Waals surface area contributed by atoms with Crippen LogP contribution in [0.25, 0.3) is 0 Å². The van der Waals surface area contributed by atoms with Crippen molar-refractivity contribution in [2.24, 2.45) is 0 Å². The number of carbonyl (C=O) groups is 1. The summed E-state index contributed by atoms with van der Waals surface area (Å²) in [5.74, 6) is 0.960. The van der Waals surface area contributed by atoms with Crippen molar-refractivity contribution in [2.45, 2.75) is 25.8 Å². The predicted octanol–water partition coefficient (Wildman–Crippen LogP) is 2.91. The van der Waals surface area contributed by atoms with Gasteiger partial charge in [0.2, 0.25) is 5.91 Å². The van der Waals surface area contributed by atoms with Crippen molar-refractivity contribution in [3.05, 3.63) is 54.0 Å². The maximum Gasteiger partial charge on any atom is 0.219 e. The maximum absolute atomic E-state index is 11.6. The molecule has 1 N–H and O–H groups in total. The van der Waals surface area contributed by atoms with Crippen molar-refractivity contribution in [1.82, 2.24) is 5.32 Å². The molecule has 21 heavy (non-hydrogen) atoms. The third-order valence-electron chi connectivity index (χ3n) is 3.98. The molecule has 1 aliphatic rings. The molecule has 1 aromatic heterocycles. The van der Waals surface area contributed by atoms with Crippen molar-refractivity contribution < 1.29 is 9.21 Å². The fraction of sp³-hybridized carbons (Fsp3) is 0.353. The Balaban J connectivity index is 1.84. The third kappa shape index (κ3) is 2.79. The lowest BCUT2D eigenvalue weighted by atomic mass is 10.1. The number of para-hydroxylation sites is 1. The Labute approximate surface area is 124 Å². The SMILES string of the molecule is CCC(=O)NC[C@@H](c1ccco1)N1CCc2ccccc21. The minimum atomic E-state index is 0.0409. The molecule has 0 aliphatic carbocycles. The number of furan rings is 1. The minimum absolute atomic E-state index is 0.0409. The fourth-order valence-corrected chi connectivity index (χ4v) is 2.87. The van der Waals surface area contributed by atoms with Gasteiger partial charge in [-0.3, -0.25) is 4.79 Å². The van der Waals surface area contributed by atoms with Crippen molar-refractivity contribution in [2.75, 3.05) is 18.0 Å². The van der Waals surface area contributed by atoms with Gasteiger partial charge >= 0.3 is 0 Å². The lowest BCUT2D eigenvalue weighted by Gasteiger charge is -2.29. The zero-order chi connectivity index (χ0) is 14.7. The molecule has 0 unspecified atom stereocenters. The monoisotopic (exact) mass is 284 g/mol. The van der Waals surface area contributed by atoms with Crippen molar-refractivity contribution in [1.29, 1.82) is 0 Å². The van der Waals surface area contributed by atoms with E-state index in [9.17, 15) is 4.79 Å². The smallest absolute Gasteiger partial charge is 0.219 e. The summed E-state index contributed by atoms with van der Waals surface area (Å²) >= 11 is 0. The lowest BCUT2D eigenvalue weighted by molar-refractivity contribution is -0.120. The summed E-state index contributed by atoms with van der Waals surface area (Å²) in [5.41, 5.74) is 2.60. The van der Waals surface area contributed by atoms with Crippen LogP contribution in [0.1, 0.15) is 30.7 Å². The van der Waals surface area contributed by atoms with E-state index in [1.165, 1.54) is 11.3 Å². The normalized spacial score (nSPS) is 14.8. The molecule has 4 heteroatoms. The molecule has 2 aromatic rings. The number of hydrogen-bond donors (Lipinski definition) is 1. The summed E-state index contributed by atoms with van der Waals surface area (Å²) in [6.45, 7) is 3.38. The van der Waals surface area contributed by atoms with Crippen molar-refractivity contribution in [3.8, 4) is 0 Å². The quantitative estimate of drug-likeness (QED) is 0.918. The summed E-state index contributed by atoms with van der Waals surface area (Å²) in [7, 11) is 0. The second-order valence-electron chi connectivity index (χ2n) is 5.26. The third-order valence-corrected chi connectivity index (χ3v) is 3.98. The second-order valence-corrected chi connectivity index (χ2v) is 5.26. The van der Waals surface area contributed by atoms with Crippen LogP contribution in [0.5, 0.6) is 0 Å². The van der Waals surface area contributed by atoms with Gasteiger partial charge in [0.25, 0.3) is 0 Å². The highest BCUT2D eigenvalue weighted by atomic mass is 16.3.